The number of esters is 1. The Kier molecular flexibility index (Phi) is 4.21. The summed E-state index contributed by atoms with van der Waals surface area (Å²) in [5.74, 6) is -4.21. The monoisotopic (exact) mass is 256 g/mol. The van der Waals surface area contributed by atoms with Gasteiger partial charge in [-0.3, -0.25) is 19.2 Å². The fourth-order valence-corrected chi connectivity index (χ4v) is 2.22. The predicted molar refractivity (Wildman–Crippen MR) is 59.7 cm³/mol. The largest absolute Gasteiger partial charge is 0.481 e. The summed E-state index contributed by atoms with van der Waals surface area (Å²) < 4.78 is 4.85. The number of rotatable bonds is 4. The summed E-state index contributed by atoms with van der Waals surface area (Å²) in [5.41, 5.74) is -1.48. The van der Waals surface area contributed by atoms with Gasteiger partial charge in [0.15, 0.2) is 0 Å². The van der Waals surface area contributed by atoms with Crippen LogP contribution >= 0.6 is 0 Å². The number of carbonyl (C=O) groups is 4. The van der Waals surface area contributed by atoms with E-state index in [0.29, 0.717) is 0 Å². The molecule has 6 heteroatoms. The maximum absolute atomic E-state index is 11.9. The molecule has 6 nitrogen and oxygen atoms in total. The molecule has 0 saturated heterocycles. The topological polar surface area (TPSA) is 97.7 Å². The predicted octanol–water partition coefficient (Wildman–Crippen LogP) is 0.579. The molecule has 0 aliphatic heterocycles. The van der Waals surface area contributed by atoms with Crippen LogP contribution in [0.5, 0.6) is 0 Å². The number of hydrogen-bond donors (Lipinski definition) is 1. The minimum Gasteiger partial charge on any atom is -0.481 e. The van der Waals surface area contributed by atoms with E-state index in [2.05, 4.69) is 0 Å². The molecule has 1 N–H and O–H groups in total. The maximum atomic E-state index is 11.9. The summed E-state index contributed by atoms with van der Waals surface area (Å²) in [6.45, 7) is 2.94. The highest BCUT2D eigenvalue weighted by atomic mass is 16.5. The van der Waals surface area contributed by atoms with Crippen LogP contribution in [0.2, 0.25) is 0 Å². The van der Waals surface area contributed by atoms with Crippen molar-refractivity contribution in [2.45, 2.75) is 33.1 Å². The molecule has 1 aliphatic carbocycles. The standard InChI is InChI=1S/C12H16O6/c1-3-18-11(17)12(7(2)13)5-4-9(14)8(6-12)10(15)16/h8H,3-6H2,1-2H3,(H,15,16)/t8-,12+/m1/s1. The molecule has 1 fully saturated rings. The van der Waals surface area contributed by atoms with E-state index in [9.17, 15) is 19.2 Å². The summed E-state index contributed by atoms with van der Waals surface area (Å²) in [4.78, 5) is 46.0. The number of Topliss-reactive ketones (excluding diaryl/α,β-unsaturated/α-hetero) is 2. The molecule has 1 aliphatic rings. The van der Waals surface area contributed by atoms with Gasteiger partial charge in [-0.2, -0.15) is 0 Å². The van der Waals surface area contributed by atoms with Crippen molar-refractivity contribution in [3.8, 4) is 0 Å². The van der Waals surface area contributed by atoms with Crippen molar-refractivity contribution in [1.29, 1.82) is 0 Å². The number of hydrogen-bond acceptors (Lipinski definition) is 5. The lowest BCUT2D eigenvalue weighted by molar-refractivity contribution is -0.165. The van der Waals surface area contributed by atoms with Crippen molar-refractivity contribution in [2.24, 2.45) is 11.3 Å². The van der Waals surface area contributed by atoms with E-state index in [1.165, 1.54) is 6.92 Å². The molecular formula is C12H16O6. The van der Waals surface area contributed by atoms with Gasteiger partial charge in [-0.15, -0.1) is 0 Å². The Morgan fingerprint density at radius 1 is 1.44 bits per heavy atom. The SMILES string of the molecule is CCOC(=O)[C@@]1(C(C)=O)CCC(=O)[C@H](C(=O)O)C1. The molecule has 0 spiro atoms. The van der Waals surface area contributed by atoms with Crippen molar-refractivity contribution >= 4 is 23.5 Å². The second-order valence-electron chi connectivity index (χ2n) is 4.42. The summed E-state index contributed by atoms with van der Waals surface area (Å²) in [7, 11) is 0. The zero-order chi connectivity index (χ0) is 13.9. The van der Waals surface area contributed by atoms with Crippen LogP contribution < -0.4 is 0 Å². The van der Waals surface area contributed by atoms with Gasteiger partial charge in [-0.1, -0.05) is 0 Å². The first-order valence-electron chi connectivity index (χ1n) is 5.79. The van der Waals surface area contributed by atoms with Gasteiger partial charge in [0.1, 0.15) is 22.9 Å². The third-order valence-corrected chi connectivity index (χ3v) is 3.38. The van der Waals surface area contributed by atoms with Crippen LogP contribution in [0.25, 0.3) is 0 Å². The van der Waals surface area contributed by atoms with E-state index >= 15 is 0 Å². The minimum atomic E-state index is -1.48. The molecule has 0 heterocycles. The number of aliphatic carboxylic acids is 1. The molecule has 18 heavy (non-hydrogen) atoms. The second-order valence-corrected chi connectivity index (χ2v) is 4.42. The third kappa shape index (κ3) is 2.42. The third-order valence-electron chi connectivity index (χ3n) is 3.38. The highest BCUT2D eigenvalue weighted by Crippen LogP contribution is 2.40. The van der Waals surface area contributed by atoms with Crippen LogP contribution in [0.1, 0.15) is 33.1 Å². The fourth-order valence-electron chi connectivity index (χ4n) is 2.22. The van der Waals surface area contributed by atoms with Crippen molar-refractivity contribution in [3.05, 3.63) is 0 Å². The van der Waals surface area contributed by atoms with Crippen LogP contribution in [0.3, 0.4) is 0 Å². The number of carboxylic acids is 1. The van der Waals surface area contributed by atoms with Gasteiger partial charge in [0.25, 0.3) is 0 Å². The fraction of sp³-hybridized carbons (Fsp3) is 0.667. The van der Waals surface area contributed by atoms with Crippen LogP contribution in [0.4, 0.5) is 0 Å². The van der Waals surface area contributed by atoms with Crippen molar-refractivity contribution in [3.63, 3.8) is 0 Å². The van der Waals surface area contributed by atoms with Crippen LogP contribution in [0, 0.1) is 11.3 Å². The van der Waals surface area contributed by atoms with Crippen molar-refractivity contribution in [2.75, 3.05) is 6.61 Å². The smallest absolute Gasteiger partial charge is 0.319 e. The summed E-state index contributed by atoms with van der Waals surface area (Å²) >= 11 is 0. The molecule has 0 unspecified atom stereocenters. The molecule has 1 rings (SSSR count). The molecule has 0 aromatic rings. The molecule has 0 bridgehead atoms. The lowest BCUT2D eigenvalue weighted by Gasteiger charge is -2.34. The Morgan fingerprint density at radius 2 is 2.06 bits per heavy atom. The Balaban J connectivity index is 3.06. The van der Waals surface area contributed by atoms with Gasteiger partial charge >= 0.3 is 11.9 Å². The van der Waals surface area contributed by atoms with Crippen LogP contribution in [-0.2, 0) is 23.9 Å². The Labute approximate surface area is 104 Å². The van der Waals surface area contributed by atoms with Gasteiger partial charge < -0.3 is 9.84 Å². The van der Waals surface area contributed by atoms with Crippen molar-refractivity contribution in [1.82, 2.24) is 0 Å². The van der Waals surface area contributed by atoms with E-state index in [-0.39, 0.29) is 25.9 Å². The number of carbonyl (C=O) groups excluding carboxylic acids is 3. The van der Waals surface area contributed by atoms with Gasteiger partial charge in [-0.05, 0) is 26.7 Å². The molecular weight excluding hydrogens is 240 g/mol. The first kappa shape index (κ1) is 14.3. The molecule has 0 aromatic heterocycles. The van der Waals surface area contributed by atoms with Crippen LogP contribution in [-0.4, -0.2) is 35.2 Å². The van der Waals surface area contributed by atoms with Gasteiger partial charge in [0.05, 0.1) is 6.61 Å². The summed E-state index contributed by atoms with van der Waals surface area (Å²) in [5, 5.41) is 8.95. The van der Waals surface area contributed by atoms with E-state index in [0.717, 1.165) is 0 Å². The van der Waals surface area contributed by atoms with E-state index in [1.807, 2.05) is 0 Å². The maximum Gasteiger partial charge on any atom is 0.319 e. The second kappa shape index (κ2) is 5.29. The first-order valence-corrected chi connectivity index (χ1v) is 5.79. The summed E-state index contributed by atoms with van der Waals surface area (Å²) in [6.07, 6.45) is -0.353. The highest BCUT2D eigenvalue weighted by Gasteiger charge is 2.52. The molecule has 0 radical (unpaired) electrons. The molecule has 0 amide bonds. The lowest BCUT2D eigenvalue weighted by atomic mass is 9.67. The van der Waals surface area contributed by atoms with Crippen LogP contribution in [0.15, 0.2) is 0 Å². The number of carboxylic acid groups (broad SMARTS) is 1. The average Bonchev–Trinajstić information content (AvgIpc) is 2.29. The Bertz CT molecular complexity index is 399. The van der Waals surface area contributed by atoms with E-state index < -0.39 is 34.8 Å². The Morgan fingerprint density at radius 3 is 2.50 bits per heavy atom. The minimum absolute atomic E-state index is 0.0315. The average molecular weight is 256 g/mol. The zero-order valence-electron chi connectivity index (χ0n) is 10.4. The zero-order valence-corrected chi connectivity index (χ0v) is 10.4. The van der Waals surface area contributed by atoms with E-state index in [4.69, 9.17) is 9.84 Å². The lowest BCUT2D eigenvalue weighted by Crippen LogP contribution is -2.47. The van der Waals surface area contributed by atoms with E-state index in [1.54, 1.807) is 6.92 Å². The van der Waals surface area contributed by atoms with Gasteiger partial charge in [0, 0.05) is 6.42 Å². The highest BCUT2D eigenvalue weighted by molar-refractivity contribution is 6.07. The normalized spacial score (nSPS) is 27.7. The van der Waals surface area contributed by atoms with Crippen molar-refractivity contribution < 1.29 is 29.0 Å². The molecule has 2 atom stereocenters. The van der Waals surface area contributed by atoms with Gasteiger partial charge in [-0.25, -0.2) is 0 Å². The molecule has 100 valence electrons. The molecule has 1 saturated carbocycles. The quantitative estimate of drug-likeness (QED) is 0.583. The number of ether oxygens (including phenoxy) is 1. The Hall–Kier alpha value is -1.72. The first-order chi connectivity index (χ1) is 8.35. The summed E-state index contributed by atoms with van der Waals surface area (Å²) in [6, 6.07) is 0. The molecule has 0 aromatic carbocycles. The van der Waals surface area contributed by atoms with Gasteiger partial charge in [0.2, 0.25) is 0 Å². The number of ketones is 2.